The van der Waals surface area contributed by atoms with Gasteiger partial charge in [0.25, 0.3) is 0 Å². The Hall–Kier alpha value is -1.63. The monoisotopic (exact) mass is 228 g/mol. The molecule has 0 aliphatic rings. The second-order valence-electron chi connectivity index (χ2n) is 4.40. The van der Waals surface area contributed by atoms with Crippen molar-refractivity contribution in [3.05, 3.63) is 71.8 Å². The first-order chi connectivity index (χ1) is 8.38. The molecule has 0 saturated carbocycles. The van der Waals surface area contributed by atoms with Crippen LogP contribution in [0.3, 0.4) is 0 Å². The Labute approximate surface area is 102 Å². The number of hydrogen-bond acceptors (Lipinski definition) is 0. The normalized spacial score (nSPS) is 10.7. The van der Waals surface area contributed by atoms with Crippen molar-refractivity contribution in [1.29, 1.82) is 0 Å². The Morgan fingerprint density at radius 3 is 1.47 bits per heavy atom. The van der Waals surface area contributed by atoms with E-state index in [1.54, 1.807) is 0 Å². The quantitative estimate of drug-likeness (QED) is 0.724. The van der Waals surface area contributed by atoms with Gasteiger partial charge in [0.1, 0.15) is 0 Å². The molecule has 17 heavy (non-hydrogen) atoms. The average Bonchev–Trinajstić information content (AvgIpc) is 2.40. The zero-order chi connectivity index (χ0) is 11.9. The molecule has 0 aliphatic heterocycles. The van der Waals surface area contributed by atoms with Gasteiger partial charge in [0.15, 0.2) is 0 Å². The van der Waals surface area contributed by atoms with Gasteiger partial charge >= 0.3 is 0 Å². The number of rotatable bonds is 5. The molecule has 1 heteroatoms. The Balaban J connectivity index is 1.98. The number of hydrogen-bond donors (Lipinski definition) is 0. The lowest BCUT2D eigenvalue weighted by Crippen LogP contribution is -2.10. The highest BCUT2D eigenvalue weighted by Gasteiger charge is 2.10. The van der Waals surface area contributed by atoms with Crippen molar-refractivity contribution in [3.8, 4) is 0 Å². The Morgan fingerprint density at radius 1 is 0.706 bits per heavy atom. The molecule has 0 spiro atoms. The molecule has 0 unspecified atom stereocenters. The first-order valence-corrected chi connectivity index (χ1v) is 6.02. The van der Waals surface area contributed by atoms with Crippen LogP contribution in [-0.2, 0) is 12.8 Å². The number of benzene rings is 2. The summed E-state index contributed by atoms with van der Waals surface area (Å²) >= 11 is 0. The van der Waals surface area contributed by atoms with E-state index in [9.17, 15) is 4.39 Å². The molecular formula is C16H17F. The van der Waals surface area contributed by atoms with E-state index in [4.69, 9.17) is 0 Å². The second kappa shape index (κ2) is 6.19. The van der Waals surface area contributed by atoms with Crippen LogP contribution in [0.4, 0.5) is 4.39 Å². The van der Waals surface area contributed by atoms with Gasteiger partial charge in [-0.15, -0.1) is 0 Å². The molecule has 0 nitrogen and oxygen atoms in total. The van der Waals surface area contributed by atoms with E-state index >= 15 is 0 Å². The van der Waals surface area contributed by atoms with Crippen LogP contribution in [0.15, 0.2) is 60.7 Å². The Bertz CT molecular complexity index is 380. The van der Waals surface area contributed by atoms with Gasteiger partial charge in [-0.25, -0.2) is 0 Å². The van der Waals surface area contributed by atoms with E-state index in [0.29, 0.717) is 0 Å². The second-order valence-corrected chi connectivity index (χ2v) is 4.40. The Morgan fingerprint density at radius 2 is 1.12 bits per heavy atom. The highest BCUT2D eigenvalue weighted by Crippen LogP contribution is 2.15. The fourth-order valence-corrected chi connectivity index (χ4v) is 2.08. The number of alkyl halides is 1. The largest absolute Gasteiger partial charge is 0.251 e. The predicted octanol–water partition coefficient (Wildman–Crippen LogP) is 4.06. The van der Waals surface area contributed by atoms with Gasteiger partial charge in [0, 0.05) is 0 Å². The van der Waals surface area contributed by atoms with Crippen LogP contribution < -0.4 is 0 Å². The third kappa shape index (κ3) is 3.70. The molecule has 0 aliphatic carbocycles. The zero-order valence-electron chi connectivity index (χ0n) is 9.85. The maximum Gasteiger partial charge on any atom is 0.0928 e. The predicted molar refractivity (Wildman–Crippen MR) is 69.8 cm³/mol. The van der Waals surface area contributed by atoms with Gasteiger partial charge in [-0.2, -0.15) is 0 Å². The fraction of sp³-hybridized carbons (Fsp3) is 0.250. The van der Waals surface area contributed by atoms with Crippen LogP contribution in [-0.4, -0.2) is 6.67 Å². The summed E-state index contributed by atoms with van der Waals surface area (Å²) in [5, 5.41) is 0. The highest BCUT2D eigenvalue weighted by atomic mass is 19.1. The van der Waals surface area contributed by atoms with E-state index < -0.39 is 0 Å². The minimum Gasteiger partial charge on any atom is -0.251 e. The van der Waals surface area contributed by atoms with Crippen molar-refractivity contribution in [2.24, 2.45) is 5.92 Å². The van der Waals surface area contributed by atoms with E-state index in [0.717, 1.165) is 12.8 Å². The van der Waals surface area contributed by atoms with Gasteiger partial charge in [-0.3, -0.25) is 4.39 Å². The molecule has 2 rings (SSSR count). The maximum absolute atomic E-state index is 13.0. The average molecular weight is 228 g/mol. The summed E-state index contributed by atoms with van der Waals surface area (Å²) in [6, 6.07) is 20.3. The summed E-state index contributed by atoms with van der Waals surface area (Å²) in [6.07, 6.45) is 1.62. The van der Waals surface area contributed by atoms with Crippen LogP contribution >= 0.6 is 0 Å². The molecule has 0 bridgehead atoms. The molecule has 0 heterocycles. The van der Waals surface area contributed by atoms with E-state index in [-0.39, 0.29) is 12.6 Å². The van der Waals surface area contributed by atoms with Gasteiger partial charge in [-0.05, 0) is 29.9 Å². The molecule has 0 atom stereocenters. The summed E-state index contributed by atoms with van der Waals surface area (Å²) in [6.45, 7) is -0.260. The molecule has 0 aromatic heterocycles. The van der Waals surface area contributed by atoms with Crippen molar-refractivity contribution >= 4 is 0 Å². The van der Waals surface area contributed by atoms with E-state index in [1.165, 1.54) is 11.1 Å². The van der Waals surface area contributed by atoms with Crippen LogP contribution in [0.5, 0.6) is 0 Å². The molecule has 0 saturated heterocycles. The molecule has 88 valence electrons. The molecule has 0 radical (unpaired) electrons. The standard InChI is InChI=1S/C16H17F/c17-13-16(11-14-7-3-1-4-8-14)12-15-9-5-2-6-10-15/h1-10,16H,11-13H2. The molecule has 0 fully saturated rings. The third-order valence-corrected chi connectivity index (χ3v) is 2.95. The molecular weight excluding hydrogens is 211 g/mol. The summed E-state index contributed by atoms with van der Waals surface area (Å²) in [5.74, 6) is 0.0831. The lowest BCUT2D eigenvalue weighted by molar-refractivity contribution is 0.357. The first kappa shape index (κ1) is 11.8. The topological polar surface area (TPSA) is 0 Å². The minimum absolute atomic E-state index is 0.0831. The summed E-state index contributed by atoms with van der Waals surface area (Å²) < 4.78 is 13.0. The van der Waals surface area contributed by atoms with Gasteiger partial charge in [0.05, 0.1) is 6.67 Å². The summed E-state index contributed by atoms with van der Waals surface area (Å²) in [7, 11) is 0. The van der Waals surface area contributed by atoms with Crippen molar-refractivity contribution in [3.63, 3.8) is 0 Å². The van der Waals surface area contributed by atoms with Gasteiger partial charge < -0.3 is 0 Å². The third-order valence-electron chi connectivity index (χ3n) is 2.95. The fourth-order valence-electron chi connectivity index (χ4n) is 2.08. The SMILES string of the molecule is FCC(Cc1ccccc1)Cc1ccccc1. The van der Waals surface area contributed by atoms with Crippen molar-refractivity contribution in [2.45, 2.75) is 12.8 Å². The van der Waals surface area contributed by atoms with Crippen LogP contribution in [0.1, 0.15) is 11.1 Å². The summed E-state index contributed by atoms with van der Waals surface area (Å²) in [4.78, 5) is 0. The highest BCUT2D eigenvalue weighted by molar-refractivity contribution is 5.18. The van der Waals surface area contributed by atoms with Crippen LogP contribution in [0.2, 0.25) is 0 Å². The molecule has 0 N–H and O–H groups in total. The van der Waals surface area contributed by atoms with Gasteiger partial charge in [0.2, 0.25) is 0 Å². The minimum atomic E-state index is -0.260. The lowest BCUT2D eigenvalue weighted by Gasteiger charge is -2.13. The van der Waals surface area contributed by atoms with E-state index in [2.05, 4.69) is 24.3 Å². The van der Waals surface area contributed by atoms with Gasteiger partial charge in [-0.1, -0.05) is 60.7 Å². The zero-order valence-corrected chi connectivity index (χ0v) is 9.85. The maximum atomic E-state index is 13.0. The Kier molecular flexibility index (Phi) is 4.31. The molecule has 2 aromatic rings. The van der Waals surface area contributed by atoms with Crippen molar-refractivity contribution in [2.75, 3.05) is 6.67 Å². The summed E-state index contributed by atoms with van der Waals surface area (Å²) in [5.41, 5.74) is 2.43. The van der Waals surface area contributed by atoms with Crippen LogP contribution in [0, 0.1) is 5.92 Å². The molecule has 2 aromatic carbocycles. The van der Waals surface area contributed by atoms with Crippen molar-refractivity contribution < 1.29 is 4.39 Å². The molecule has 0 amide bonds. The lowest BCUT2D eigenvalue weighted by atomic mass is 9.94. The van der Waals surface area contributed by atoms with Crippen molar-refractivity contribution in [1.82, 2.24) is 0 Å². The smallest absolute Gasteiger partial charge is 0.0928 e. The number of halogens is 1. The van der Waals surface area contributed by atoms with Crippen LogP contribution in [0.25, 0.3) is 0 Å². The first-order valence-electron chi connectivity index (χ1n) is 6.02. The van der Waals surface area contributed by atoms with E-state index in [1.807, 2.05) is 36.4 Å².